The number of piperidine rings is 1. The number of rotatable bonds is 5. The first-order valence-electron chi connectivity index (χ1n) is 9.74. The van der Waals surface area contributed by atoms with Gasteiger partial charge in [0.2, 0.25) is 5.91 Å². The van der Waals surface area contributed by atoms with Gasteiger partial charge in [0.1, 0.15) is 0 Å². The molecule has 2 unspecified atom stereocenters. The summed E-state index contributed by atoms with van der Waals surface area (Å²) >= 11 is 0. The van der Waals surface area contributed by atoms with Crippen LogP contribution in [0.5, 0.6) is 0 Å². The second-order valence-corrected chi connectivity index (χ2v) is 7.35. The van der Waals surface area contributed by atoms with E-state index in [0.717, 1.165) is 29.7 Å². The lowest BCUT2D eigenvalue weighted by Gasteiger charge is -2.32. The topological polar surface area (TPSA) is 87.5 Å². The van der Waals surface area contributed by atoms with Gasteiger partial charge in [-0.15, -0.1) is 12.4 Å². The van der Waals surface area contributed by atoms with E-state index in [9.17, 15) is 9.59 Å². The number of aryl methyl sites for hydroxylation is 1. The lowest BCUT2D eigenvalue weighted by Crippen LogP contribution is -2.47. The zero-order chi connectivity index (χ0) is 19.9. The molecule has 2 atom stereocenters. The minimum atomic E-state index is -0.241. The van der Waals surface area contributed by atoms with Crippen LogP contribution >= 0.6 is 12.4 Å². The first-order chi connectivity index (χ1) is 13.5. The maximum atomic E-state index is 12.6. The van der Waals surface area contributed by atoms with Crippen molar-refractivity contribution in [2.45, 2.75) is 25.8 Å². The molecule has 3 amide bonds. The third kappa shape index (κ3) is 6.48. The van der Waals surface area contributed by atoms with Gasteiger partial charge in [0.15, 0.2) is 0 Å². The van der Waals surface area contributed by atoms with E-state index < -0.39 is 0 Å². The first-order valence-corrected chi connectivity index (χ1v) is 9.74. The molecule has 6 nitrogen and oxygen atoms in total. The maximum Gasteiger partial charge on any atom is 0.321 e. The van der Waals surface area contributed by atoms with Crippen molar-refractivity contribution in [2.24, 2.45) is 11.7 Å². The van der Waals surface area contributed by atoms with E-state index in [1.54, 1.807) is 4.90 Å². The van der Waals surface area contributed by atoms with Gasteiger partial charge in [-0.2, -0.15) is 0 Å². The van der Waals surface area contributed by atoms with E-state index in [-0.39, 0.29) is 36.3 Å². The van der Waals surface area contributed by atoms with Gasteiger partial charge in [-0.1, -0.05) is 42.5 Å². The van der Waals surface area contributed by atoms with Crippen molar-refractivity contribution in [3.8, 4) is 0 Å². The van der Waals surface area contributed by atoms with Crippen molar-refractivity contribution in [3.05, 3.63) is 65.7 Å². The van der Waals surface area contributed by atoms with E-state index in [1.807, 2.05) is 61.5 Å². The Balaban J connectivity index is 0.00000300. The summed E-state index contributed by atoms with van der Waals surface area (Å²) in [5, 5.41) is 5.86. The maximum absolute atomic E-state index is 12.6. The van der Waals surface area contributed by atoms with Crippen molar-refractivity contribution in [3.63, 3.8) is 0 Å². The fraction of sp³-hybridized carbons (Fsp3) is 0.364. The molecule has 1 fully saturated rings. The molecule has 1 aliphatic heterocycles. The van der Waals surface area contributed by atoms with Crippen LogP contribution in [0.3, 0.4) is 0 Å². The largest absolute Gasteiger partial charge is 0.354 e. The Morgan fingerprint density at radius 3 is 2.66 bits per heavy atom. The second kappa shape index (κ2) is 10.8. The summed E-state index contributed by atoms with van der Waals surface area (Å²) in [6, 6.07) is 17.0. The zero-order valence-electron chi connectivity index (χ0n) is 16.6. The number of amides is 3. The fourth-order valence-electron chi connectivity index (χ4n) is 3.47. The lowest BCUT2D eigenvalue weighted by atomic mass is 9.97. The summed E-state index contributed by atoms with van der Waals surface area (Å²) in [6.07, 6.45) is 1.59. The fourth-order valence-corrected chi connectivity index (χ4v) is 3.47. The molecule has 29 heavy (non-hydrogen) atoms. The van der Waals surface area contributed by atoms with E-state index in [1.165, 1.54) is 0 Å². The van der Waals surface area contributed by atoms with Crippen molar-refractivity contribution in [1.29, 1.82) is 0 Å². The SMILES string of the molecule is Cc1cccc(NC(=O)N2CCCC(C(=O)NCC(N)c3ccccc3)C2)c1.Cl. The average molecular weight is 417 g/mol. The molecular formula is C22H29ClN4O2. The number of hydrogen-bond donors (Lipinski definition) is 3. The van der Waals surface area contributed by atoms with Gasteiger partial charge >= 0.3 is 6.03 Å². The summed E-state index contributed by atoms with van der Waals surface area (Å²) in [6.45, 7) is 3.45. The van der Waals surface area contributed by atoms with E-state index in [2.05, 4.69) is 10.6 Å². The number of nitrogens with zero attached hydrogens (tertiary/aromatic N) is 1. The molecule has 0 saturated carbocycles. The number of urea groups is 1. The van der Waals surface area contributed by atoms with Crippen LogP contribution < -0.4 is 16.4 Å². The van der Waals surface area contributed by atoms with Crippen LogP contribution in [0.2, 0.25) is 0 Å². The Morgan fingerprint density at radius 1 is 1.17 bits per heavy atom. The molecule has 3 rings (SSSR count). The van der Waals surface area contributed by atoms with Crippen molar-refractivity contribution < 1.29 is 9.59 Å². The number of benzene rings is 2. The minimum Gasteiger partial charge on any atom is -0.354 e. The molecule has 0 aliphatic carbocycles. The predicted octanol–water partition coefficient (Wildman–Crippen LogP) is 3.48. The third-order valence-electron chi connectivity index (χ3n) is 5.07. The summed E-state index contributed by atoms with van der Waals surface area (Å²) in [7, 11) is 0. The Labute approximate surface area is 178 Å². The van der Waals surface area contributed by atoms with Crippen LogP contribution in [-0.4, -0.2) is 36.5 Å². The Morgan fingerprint density at radius 2 is 1.93 bits per heavy atom. The third-order valence-corrected chi connectivity index (χ3v) is 5.07. The van der Waals surface area contributed by atoms with Gasteiger partial charge in [0.25, 0.3) is 0 Å². The van der Waals surface area contributed by atoms with Crippen molar-refractivity contribution >= 4 is 30.0 Å². The van der Waals surface area contributed by atoms with Gasteiger partial charge in [-0.25, -0.2) is 4.79 Å². The highest BCUT2D eigenvalue weighted by atomic mass is 35.5. The van der Waals surface area contributed by atoms with Crippen LogP contribution in [0, 0.1) is 12.8 Å². The Bertz CT molecular complexity index is 815. The van der Waals surface area contributed by atoms with Crippen molar-refractivity contribution in [1.82, 2.24) is 10.2 Å². The average Bonchev–Trinajstić information content (AvgIpc) is 2.72. The smallest absolute Gasteiger partial charge is 0.321 e. The lowest BCUT2D eigenvalue weighted by molar-refractivity contribution is -0.126. The van der Waals surface area contributed by atoms with Gasteiger partial charge in [0, 0.05) is 31.4 Å². The standard InChI is InChI=1S/C22H28N4O2.ClH/c1-16-7-5-11-19(13-16)25-22(28)26-12-6-10-18(15-26)21(27)24-14-20(23)17-8-3-2-4-9-17;/h2-5,7-9,11,13,18,20H,6,10,12,14-15,23H2,1H3,(H,24,27)(H,25,28);1H. The van der Waals surface area contributed by atoms with Crippen LogP contribution in [0.25, 0.3) is 0 Å². The van der Waals surface area contributed by atoms with E-state index in [4.69, 9.17) is 5.73 Å². The Hall–Kier alpha value is -2.57. The Kier molecular flexibility index (Phi) is 8.49. The van der Waals surface area contributed by atoms with Gasteiger partial charge in [-0.3, -0.25) is 4.79 Å². The molecule has 0 radical (unpaired) electrons. The van der Waals surface area contributed by atoms with Crippen LogP contribution in [-0.2, 0) is 4.79 Å². The molecule has 0 bridgehead atoms. The molecule has 0 aromatic heterocycles. The number of halogens is 1. The monoisotopic (exact) mass is 416 g/mol. The zero-order valence-corrected chi connectivity index (χ0v) is 17.5. The highest BCUT2D eigenvalue weighted by molar-refractivity contribution is 5.90. The van der Waals surface area contributed by atoms with Crippen LogP contribution in [0.4, 0.5) is 10.5 Å². The number of carbonyl (C=O) groups is 2. The summed E-state index contributed by atoms with van der Waals surface area (Å²) in [5.41, 5.74) is 9.00. The number of nitrogens with one attached hydrogen (secondary N) is 2. The van der Waals surface area contributed by atoms with E-state index in [0.29, 0.717) is 19.6 Å². The van der Waals surface area contributed by atoms with Gasteiger partial charge in [-0.05, 0) is 43.0 Å². The van der Waals surface area contributed by atoms with E-state index >= 15 is 0 Å². The molecule has 4 N–H and O–H groups in total. The normalized spacial score (nSPS) is 17.0. The van der Waals surface area contributed by atoms with Crippen LogP contribution in [0.1, 0.15) is 30.0 Å². The number of hydrogen-bond acceptors (Lipinski definition) is 3. The molecule has 2 aromatic rings. The number of likely N-dealkylation sites (tertiary alicyclic amines) is 1. The predicted molar refractivity (Wildman–Crippen MR) is 118 cm³/mol. The quantitative estimate of drug-likeness (QED) is 0.697. The van der Waals surface area contributed by atoms with Crippen molar-refractivity contribution in [2.75, 3.05) is 25.0 Å². The molecule has 156 valence electrons. The number of carbonyl (C=O) groups excluding carboxylic acids is 2. The summed E-state index contributed by atoms with van der Waals surface area (Å²) in [4.78, 5) is 26.9. The number of anilines is 1. The molecule has 1 saturated heterocycles. The van der Waals surface area contributed by atoms with Crippen LogP contribution in [0.15, 0.2) is 54.6 Å². The summed E-state index contributed by atoms with van der Waals surface area (Å²) < 4.78 is 0. The van der Waals surface area contributed by atoms with Gasteiger partial charge in [0.05, 0.1) is 5.92 Å². The minimum absolute atomic E-state index is 0. The molecule has 2 aromatic carbocycles. The molecule has 1 heterocycles. The molecule has 1 aliphatic rings. The molecular weight excluding hydrogens is 388 g/mol. The second-order valence-electron chi connectivity index (χ2n) is 7.35. The highest BCUT2D eigenvalue weighted by Crippen LogP contribution is 2.19. The van der Waals surface area contributed by atoms with Gasteiger partial charge < -0.3 is 21.3 Å². The molecule has 0 spiro atoms. The summed E-state index contributed by atoms with van der Waals surface area (Å²) in [5.74, 6) is -0.251. The first kappa shape index (κ1) is 22.7. The highest BCUT2D eigenvalue weighted by Gasteiger charge is 2.28. The number of nitrogens with two attached hydrogens (primary N) is 1. The molecule has 7 heteroatoms.